The molecule has 92 valence electrons. The minimum absolute atomic E-state index is 0.312. The number of nitrogens with two attached hydrogens (primary N) is 1. The summed E-state index contributed by atoms with van der Waals surface area (Å²) < 4.78 is 10.6. The molecule has 0 amide bonds. The maximum atomic E-state index is 10.4. The highest BCUT2D eigenvalue weighted by Crippen LogP contribution is 2.35. The van der Waals surface area contributed by atoms with Gasteiger partial charge in [0, 0.05) is 12.0 Å². The normalized spacial score (nSPS) is 18.1. The number of hydrogen-bond acceptors (Lipinski definition) is 4. The molecule has 0 aromatic heterocycles. The number of hydrogen-bond donors (Lipinski definition) is 2. The Morgan fingerprint density at radius 3 is 3.12 bits per heavy atom. The van der Waals surface area contributed by atoms with Crippen LogP contribution in [0.5, 0.6) is 11.5 Å². The number of rotatable bonds is 4. The molecular formula is C12H15NO4. The number of carboxylic acids is 1. The second kappa shape index (κ2) is 5.05. The van der Waals surface area contributed by atoms with Crippen LogP contribution in [0, 0.1) is 0 Å². The minimum atomic E-state index is -0.997. The molecule has 0 spiro atoms. The Hall–Kier alpha value is -1.75. The van der Waals surface area contributed by atoms with Gasteiger partial charge in [-0.2, -0.15) is 0 Å². The van der Waals surface area contributed by atoms with Gasteiger partial charge in [-0.1, -0.05) is 6.07 Å². The van der Waals surface area contributed by atoms with E-state index in [0.717, 1.165) is 17.7 Å². The lowest BCUT2D eigenvalue weighted by Gasteiger charge is -2.25. The molecule has 3 N–H and O–H groups in total. The Labute approximate surface area is 99.1 Å². The van der Waals surface area contributed by atoms with Crippen LogP contribution in [-0.2, 0) is 4.79 Å². The fourth-order valence-electron chi connectivity index (χ4n) is 1.92. The molecule has 0 saturated heterocycles. The van der Waals surface area contributed by atoms with Crippen molar-refractivity contribution in [3.63, 3.8) is 0 Å². The fourth-order valence-corrected chi connectivity index (χ4v) is 1.92. The SMILES string of the molecule is NCC1CCOc2cc(OCC(=O)O)ccc21. The molecule has 1 atom stereocenters. The third-order valence-electron chi connectivity index (χ3n) is 2.80. The van der Waals surface area contributed by atoms with Gasteiger partial charge in [0.15, 0.2) is 6.61 Å². The molecule has 5 nitrogen and oxygen atoms in total. The Bertz CT molecular complexity index is 419. The number of ether oxygens (including phenoxy) is 2. The molecule has 17 heavy (non-hydrogen) atoms. The van der Waals surface area contributed by atoms with Crippen LogP contribution in [0.1, 0.15) is 17.9 Å². The van der Waals surface area contributed by atoms with Crippen LogP contribution < -0.4 is 15.2 Å². The summed E-state index contributed by atoms with van der Waals surface area (Å²) in [6.07, 6.45) is 0.916. The van der Waals surface area contributed by atoms with Crippen LogP contribution in [0.15, 0.2) is 18.2 Å². The zero-order valence-corrected chi connectivity index (χ0v) is 9.39. The van der Waals surface area contributed by atoms with Crippen molar-refractivity contribution in [3.05, 3.63) is 23.8 Å². The van der Waals surface area contributed by atoms with Gasteiger partial charge in [0.2, 0.25) is 0 Å². The maximum absolute atomic E-state index is 10.4. The molecule has 1 heterocycles. The van der Waals surface area contributed by atoms with Crippen molar-refractivity contribution in [2.24, 2.45) is 5.73 Å². The molecule has 1 aromatic rings. The van der Waals surface area contributed by atoms with Gasteiger partial charge in [0.05, 0.1) is 6.61 Å². The highest BCUT2D eigenvalue weighted by atomic mass is 16.5. The summed E-state index contributed by atoms with van der Waals surface area (Å²) >= 11 is 0. The van der Waals surface area contributed by atoms with Crippen LogP contribution in [0.2, 0.25) is 0 Å². The van der Waals surface area contributed by atoms with E-state index in [9.17, 15) is 4.79 Å². The van der Waals surface area contributed by atoms with Crippen LogP contribution >= 0.6 is 0 Å². The second-order valence-electron chi connectivity index (χ2n) is 3.95. The summed E-state index contributed by atoms with van der Waals surface area (Å²) in [6.45, 7) is 0.877. The number of aliphatic carboxylic acids is 1. The highest BCUT2D eigenvalue weighted by molar-refractivity contribution is 5.68. The van der Waals surface area contributed by atoms with Gasteiger partial charge in [0.1, 0.15) is 11.5 Å². The predicted octanol–water partition coefficient (Wildman–Crippen LogP) is 0.975. The van der Waals surface area contributed by atoms with E-state index in [2.05, 4.69) is 0 Å². The van der Waals surface area contributed by atoms with E-state index in [-0.39, 0.29) is 6.61 Å². The molecule has 1 aliphatic heterocycles. The summed E-state index contributed by atoms with van der Waals surface area (Å²) in [5, 5.41) is 8.52. The van der Waals surface area contributed by atoms with Gasteiger partial charge < -0.3 is 20.3 Å². The number of carboxylic acid groups (broad SMARTS) is 1. The third kappa shape index (κ3) is 2.68. The van der Waals surface area contributed by atoms with Gasteiger partial charge >= 0.3 is 5.97 Å². The Kier molecular flexibility index (Phi) is 3.49. The predicted molar refractivity (Wildman–Crippen MR) is 61.5 cm³/mol. The molecule has 1 aliphatic rings. The van der Waals surface area contributed by atoms with E-state index in [1.807, 2.05) is 6.07 Å². The summed E-state index contributed by atoms with van der Waals surface area (Å²) in [7, 11) is 0. The number of benzene rings is 1. The zero-order chi connectivity index (χ0) is 12.3. The van der Waals surface area contributed by atoms with Crippen molar-refractivity contribution in [3.8, 4) is 11.5 Å². The monoisotopic (exact) mass is 237 g/mol. The van der Waals surface area contributed by atoms with Gasteiger partial charge in [-0.05, 0) is 24.6 Å². The minimum Gasteiger partial charge on any atom is -0.493 e. The highest BCUT2D eigenvalue weighted by Gasteiger charge is 2.20. The Balaban J connectivity index is 2.16. The third-order valence-corrected chi connectivity index (χ3v) is 2.80. The maximum Gasteiger partial charge on any atom is 0.341 e. The number of carbonyl (C=O) groups is 1. The molecule has 0 aliphatic carbocycles. The van der Waals surface area contributed by atoms with Gasteiger partial charge in [0.25, 0.3) is 0 Å². The van der Waals surface area contributed by atoms with E-state index in [1.165, 1.54) is 0 Å². The lowest BCUT2D eigenvalue weighted by Crippen LogP contribution is -2.21. The molecule has 0 bridgehead atoms. The first-order valence-corrected chi connectivity index (χ1v) is 5.52. The lowest BCUT2D eigenvalue weighted by atomic mass is 9.93. The first-order valence-electron chi connectivity index (χ1n) is 5.52. The van der Waals surface area contributed by atoms with Crippen LogP contribution in [0.25, 0.3) is 0 Å². The van der Waals surface area contributed by atoms with Gasteiger partial charge in [-0.3, -0.25) is 0 Å². The van der Waals surface area contributed by atoms with E-state index in [1.54, 1.807) is 12.1 Å². The molecule has 0 saturated carbocycles. The van der Waals surface area contributed by atoms with Crippen molar-refractivity contribution < 1.29 is 19.4 Å². The lowest BCUT2D eigenvalue weighted by molar-refractivity contribution is -0.139. The topological polar surface area (TPSA) is 81.8 Å². The van der Waals surface area contributed by atoms with Crippen LogP contribution in [0.4, 0.5) is 0 Å². The molecule has 1 unspecified atom stereocenters. The fraction of sp³-hybridized carbons (Fsp3) is 0.417. The number of fused-ring (bicyclic) bond motifs is 1. The van der Waals surface area contributed by atoms with Crippen LogP contribution in [0.3, 0.4) is 0 Å². The Morgan fingerprint density at radius 1 is 1.59 bits per heavy atom. The molecule has 0 radical (unpaired) electrons. The molecule has 0 fully saturated rings. The van der Waals surface area contributed by atoms with Crippen molar-refractivity contribution in [2.75, 3.05) is 19.8 Å². The van der Waals surface area contributed by atoms with Gasteiger partial charge in [-0.25, -0.2) is 4.79 Å². The van der Waals surface area contributed by atoms with Gasteiger partial charge in [-0.15, -0.1) is 0 Å². The van der Waals surface area contributed by atoms with Crippen molar-refractivity contribution >= 4 is 5.97 Å². The average Bonchev–Trinajstić information content (AvgIpc) is 2.35. The summed E-state index contributed by atoms with van der Waals surface area (Å²) in [5.41, 5.74) is 6.76. The first kappa shape index (κ1) is 11.7. The molecule has 1 aromatic carbocycles. The second-order valence-corrected chi connectivity index (χ2v) is 3.95. The first-order chi connectivity index (χ1) is 8.20. The van der Waals surface area contributed by atoms with Crippen molar-refractivity contribution in [1.82, 2.24) is 0 Å². The summed E-state index contributed by atoms with van der Waals surface area (Å²) in [6, 6.07) is 5.36. The summed E-state index contributed by atoms with van der Waals surface area (Å²) in [4.78, 5) is 10.4. The van der Waals surface area contributed by atoms with Crippen molar-refractivity contribution in [1.29, 1.82) is 0 Å². The molecular weight excluding hydrogens is 222 g/mol. The average molecular weight is 237 g/mol. The standard InChI is InChI=1S/C12H15NO4/c13-6-8-3-4-16-11-5-9(1-2-10(8)11)17-7-12(14)15/h1-2,5,8H,3-4,6-7,13H2,(H,14,15). The Morgan fingerprint density at radius 2 is 2.41 bits per heavy atom. The zero-order valence-electron chi connectivity index (χ0n) is 9.39. The smallest absolute Gasteiger partial charge is 0.341 e. The van der Waals surface area contributed by atoms with Crippen LogP contribution in [-0.4, -0.2) is 30.8 Å². The molecule has 2 rings (SSSR count). The summed E-state index contributed by atoms with van der Waals surface area (Å²) in [5.74, 6) is 0.564. The van der Waals surface area contributed by atoms with E-state index in [0.29, 0.717) is 24.8 Å². The molecule has 5 heteroatoms. The van der Waals surface area contributed by atoms with E-state index < -0.39 is 5.97 Å². The van der Waals surface area contributed by atoms with Crippen molar-refractivity contribution in [2.45, 2.75) is 12.3 Å². The quantitative estimate of drug-likeness (QED) is 0.815. The largest absolute Gasteiger partial charge is 0.493 e. The van der Waals surface area contributed by atoms with E-state index in [4.69, 9.17) is 20.3 Å². The van der Waals surface area contributed by atoms with E-state index >= 15 is 0 Å².